The van der Waals surface area contributed by atoms with E-state index in [0.29, 0.717) is 18.2 Å². The second kappa shape index (κ2) is 9.87. The van der Waals surface area contributed by atoms with Crippen LogP contribution in [0.2, 0.25) is 0 Å². The number of hydrogen-bond acceptors (Lipinski definition) is 6. The van der Waals surface area contributed by atoms with Crippen molar-refractivity contribution in [1.82, 2.24) is 20.2 Å². The first-order chi connectivity index (χ1) is 12.8. The van der Waals surface area contributed by atoms with Crippen molar-refractivity contribution in [2.45, 2.75) is 33.3 Å². The van der Waals surface area contributed by atoms with Gasteiger partial charge in [-0.2, -0.15) is 0 Å². The van der Waals surface area contributed by atoms with E-state index in [2.05, 4.69) is 25.5 Å². The number of anilines is 2. The van der Waals surface area contributed by atoms with Crippen molar-refractivity contribution < 1.29 is 9.53 Å². The highest BCUT2D eigenvalue weighted by Gasteiger charge is 2.10. The molecular weight excluding hydrogens is 342 g/mol. The molecule has 0 fully saturated rings. The lowest BCUT2D eigenvalue weighted by Gasteiger charge is -2.12. The van der Waals surface area contributed by atoms with Gasteiger partial charge in [0.05, 0.1) is 6.10 Å². The number of amides is 1. The van der Waals surface area contributed by atoms with Crippen LogP contribution >= 0.6 is 0 Å². The zero-order chi connectivity index (χ0) is 19.8. The molecule has 1 heterocycles. The molecule has 2 rings (SSSR count). The summed E-state index contributed by atoms with van der Waals surface area (Å²) in [7, 11) is 4.02. The number of hydrogen-bond donors (Lipinski definition) is 2. The first-order valence-electron chi connectivity index (χ1n) is 9.16. The molecule has 1 aromatic heterocycles. The Morgan fingerprint density at radius 3 is 2.52 bits per heavy atom. The summed E-state index contributed by atoms with van der Waals surface area (Å²) in [5.74, 6) is 1.01. The number of aryl methyl sites for hydroxylation is 1. The number of rotatable bonds is 9. The van der Waals surface area contributed by atoms with E-state index in [4.69, 9.17) is 4.74 Å². The Bertz CT molecular complexity index is 745. The van der Waals surface area contributed by atoms with Gasteiger partial charge in [0.1, 0.15) is 11.4 Å². The summed E-state index contributed by atoms with van der Waals surface area (Å²) in [5, 5.41) is 6.04. The van der Waals surface area contributed by atoms with Crippen molar-refractivity contribution in [3.63, 3.8) is 0 Å². The lowest BCUT2D eigenvalue weighted by atomic mass is 10.3. The molecule has 0 unspecified atom stereocenters. The Kier molecular flexibility index (Phi) is 7.55. The van der Waals surface area contributed by atoms with E-state index in [0.717, 1.165) is 30.1 Å². The SMILES string of the molecule is Cc1cc(C(=O)NCCCN(C)C)nc(Nc2ccc(OC(C)C)cc2)n1. The smallest absolute Gasteiger partial charge is 0.270 e. The number of nitrogens with one attached hydrogen (secondary N) is 2. The van der Waals surface area contributed by atoms with Gasteiger partial charge < -0.3 is 20.3 Å². The van der Waals surface area contributed by atoms with Crippen LogP contribution < -0.4 is 15.4 Å². The molecule has 0 aliphatic rings. The van der Waals surface area contributed by atoms with Crippen LogP contribution in [0.3, 0.4) is 0 Å². The average molecular weight is 371 g/mol. The Hall–Kier alpha value is -2.67. The number of nitrogens with zero attached hydrogens (tertiary/aromatic N) is 3. The van der Waals surface area contributed by atoms with E-state index in [1.165, 1.54) is 0 Å². The quantitative estimate of drug-likeness (QED) is 0.660. The van der Waals surface area contributed by atoms with Gasteiger partial charge in [-0.25, -0.2) is 9.97 Å². The van der Waals surface area contributed by atoms with E-state index in [1.54, 1.807) is 6.07 Å². The van der Waals surface area contributed by atoms with Gasteiger partial charge in [-0.05, 0) is 78.2 Å². The molecule has 0 saturated carbocycles. The maximum absolute atomic E-state index is 12.3. The van der Waals surface area contributed by atoms with Gasteiger partial charge in [0.2, 0.25) is 5.95 Å². The van der Waals surface area contributed by atoms with E-state index < -0.39 is 0 Å². The molecule has 1 amide bonds. The second-order valence-electron chi connectivity index (χ2n) is 6.95. The standard InChI is InChI=1S/C20H29N5O2/c1-14(2)27-17-9-7-16(8-10-17)23-20-22-15(3)13-18(24-20)19(26)21-11-6-12-25(4)5/h7-10,13-14H,6,11-12H2,1-5H3,(H,21,26)(H,22,23,24). The molecule has 7 heteroatoms. The predicted octanol–water partition coefficient (Wildman–Crippen LogP) is 3.00. The van der Waals surface area contributed by atoms with Gasteiger partial charge in [0.25, 0.3) is 5.91 Å². The van der Waals surface area contributed by atoms with E-state index in [-0.39, 0.29) is 12.0 Å². The van der Waals surface area contributed by atoms with Gasteiger partial charge in [0, 0.05) is 17.9 Å². The van der Waals surface area contributed by atoms with Gasteiger partial charge in [-0.15, -0.1) is 0 Å². The van der Waals surface area contributed by atoms with E-state index in [9.17, 15) is 4.79 Å². The topological polar surface area (TPSA) is 79.4 Å². The fraction of sp³-hybridized carbons (Fsp3) is 0.450. The summed E-state index contributed by atoms with van der Waals surface area (Å²) < 4.78 is 5.64. The van der Waals surface area contributed by atoms with Crippen molar-refractivity contribution >= 4 is 17.5 Å². The molecule has 0 atom stereocenters. The highest BCUT2D eigenvalue weighted by molar-refractivity contribution is 5.92. The molecule has 7 nitrogen and oxygen atoms in total. The summed E-state index contributed by atoms with van der Waals surface area (Å²) in [6.45, 7) is 7.35. The average Bonchev–Trinajstić information content (AvgIpc) is 2.59. The lowest BCUT2D eigenvalue weighted by molar-refractivity contribution is 0.0947. The van der Waals surface area contributed by atoms with Crippen LogP contribution in [0.1, 0.15) is 36.5 Å². The minimum Gasteiger partial charge on any atom is -0.491 e. The molecule has 2 aromatic rings. The molecule has 0 bridgehead atoms. The third kappa shape index (κ3) is 7.22. The summed E-state index contributed by atoms with van der Waals surface area (Å²) in [5.41, 5.74) is 1.91. The van der Waals surface area contributed by atoms with Crippen molar-refractivity contribution in [2.24, 2.45) is 0 Å². The summed E-state index contributed by atoms with van der Waals surface area (Å²) >= 11 is 0. The number of carbonyl (C=O) groups is 1. The van der Waals surface area contributed by atoms with Crippen molar-refractivity contribution in [3.8, 4) is 5.75 Å². The largest absolute Gasteiger partial charge is 0.491 e. The molecular formula is C20H29N5O2. The molecule has 27 heavy (non-hydrogen) atoms. The molecule has 146 valence electrons. The van der Waals surface area contributed by atoms with Crippen LogP contribution in [0.5, 0.6) is 5.75 Å². The minimum absolute atomic E-state index is 0.128. The molecule has 1 aromatic carbocycles. The zero-order valence-corrected chi connectivity index (χ0v) is 16.7. The van der Waals surface area contributed by atoms with E-state index in [1.807, 2.05) is 59.1 Å². The maximum atomic E-state index is 12.3. The molecule has 2 N–H and O–H groups in total. The molecule has 0 spiro atoms. The van der Waals surface area contributed by atoms with Gasteiger partial charge in [-0.1, -0.05) is 0 Å². The number of ether oxygens (including phenoxy) is 1. The first kappa shape index (κ1) is 20.6. The number of carbonyl (C=O) groups excluding carboxylic acids is 1. The van der Waals surface area contributed by atoms with Gasteiger partial charge in [0.15, 0.2) is 0 Å². The number of aromatic nitrogens is 2. The summed E-state index contributed by atoms with van der Waals surface area (Å²) in [4.78, 5) is 23.1. The Labute approximate surface area is 161 Å². The molecule has 0 radical (unpaired) electrons. The van der Waals surface area contributed by atoms with Crippen LogP contribution in [0.25, 0.3) is 0 Å². The summed E-state index contributed by atoms with van der Waals surface area (Å²) in [6.07, 6.45) is 1.02. The summed E-state index contributed by atoms with van der Waals surface area (Å²) in [6, 6.07) is 9.24. The van der Waals surface area contributed by atoms with Crippen LogP contribution in [0, 0.1) is 6.92 Å². The zero-order valence-electron chi connectivity index (χ0n) is 16.7. The van der Waals surface area contributed by atoms with Crippen LogP contribution in [0.4, 0.5) is 11.6 Å². The third-order valence-electron chi connectivity index (χ3n) is 3.64. The second-order valence-corrected chi connectivity index (χ2v) is 6.95. The van der Waals surface area contributed by atoms with Crippen molar-refractivity contribution in [1.29, 1.82) is 0 Å². The minimum atomic E-state index is -0.192. The van der Waals surface area contributed by atoms with Crippen LogP contribution in [0.15, 0.2) is 30.3 Å². The third-order valence-corrected chi connectivity index (χ3v) is 3.64. The van der Waals surface area contributed by atoms with Crippen molar-refractivity contribution in [2.75, 3.05) is 32.5 Å². The van der Waals surface area contributed by atoms with Crippen LogP contribution in [-0.4, -0.2) is 54.1 Å². The Morgan fingerprint density at radius 1 is 1.19 bits per heavy atom. The van der Waals surface area contributed by atoms with Crippen molar-refractivity contribution in [3.05, 3.63) is 41.7 Å². The monoisotopic (exact) mass is 371 g/mol. The Balaban J connectivity index is 2.00. The fourth-order valence-electron chi connectivity index (χ4n) is 2.45. The molecule has 0 aliphatic carbocycles. The lowest BCUT2D eigenvalue weighted by Crippen LogP contribution is -2.28. The highest BCUT2D eigenvalue weighted by Crippen LogP contribution is 2.19. The fourth-order valence-corrected chi connectivity index (χ4v) is 2.45. The number of benzene rings is 1. The van der Waals surface area contributed by atoms with Gasteiger partial charge >= 0.3 is 0 Å². The maximum Gasteiger partial charge on any atom is 0.270 e. The first-order valence-corrected chi connectivity index (χ1v) is 9.16. The predicted molar refractivity (Wildman–Crippen MR) is 108 cm³/mol. The van der Waals surface area contributed by atoms with Crippen LogP contribution in [-0.2, 0) is 0 Å². The molecule has 0 aliphatic heterocycles. The normalized spacial score (nSPS) is 10.9. The molecule has 0 saturated heterocycles. The highest BCUT2D eigenvalue weighted by atomic mass is 16.5. The van der Waals surface area contributed by atoms with Gasteiger partial charge in [-0.3, -0.25) is 4.79 Å². The Morgan fingerprint density at radius 2 is 1.89 bits per heavy atom. The van der Waals surface area contributed by atoms with E-state index >= 15 is 0 Å².